The average molecular weight is 158 g/mol. The molecule has 1 heterocycles. The lowest BCUT2D eigenvalue weighted by Gasteiger charge is -1.95. The Bertz CT molecular complexity index is 230. The number of rotatable bonds is 3. The van der Waals surface area contributed by atoms with Crippen molar-refractivity contribution in [2.75, 3.05) is 7.11 Å². The van der Waals surface area contributed by atoms with E-state index < -0.39 is 0 Å². The third-order valence-electron chi connectivity index (χ3n) is 0.812. The fourth-order valence-electron chi connectivity index (χ4n) is 0.478. The van der Waals surface area contributed by atoms with Gasteiger partial charge in [-0.15, -0.1) is 10.2 Å². The van der Waals surface area contributed by atoms with Crippen LogP contribution in [0.15, 0.2) is 11.6 Å². The van der Waals surface area contributed by atoms with Crippen LogP contribution in [0.4, 0.5) is 0 Å². The SMILES string of the molecule is CON=[N+]([O-])Cn1ncnn1. The summed E-state index contributed by atoms with van der Waals surface area (Å²) in [5, 5.41) is 24.1. The maximum absolute atomic E-state index is 10.6. The van der Waals surface area contributed by atoms with Gasteiger partial charge in [-0.05, 0) is 10.1 Å². The van der Waals surface area contributed by atoms with E-state index in [1.54, 1.807) is 0 Å². The van der Waals surface area contributed by atoms with Crippen LogP contribution in [0.3, 0.4) is 0 Å². The number of hydrogen-bond donors (Lipinski definition) is 0. The minimum absolute atomic E-state index is 0.131. The zero-order valence-electron chi connectivity index (χ0n) is 5.78. The molecule has 0 unspecified atom stereocenters. The van der Waals surface area contributed by atoms with Gasteiger partial charge in [0.25, 0.3) is 6.67 Å². The van der Waals surface area contributed by atoms with Crippen LogP contribution < -0.4 is 0 Å². The monoisotopic (exact) mass is 158 g/mol. The molecule has 0 aromatic carbocycles. The number of hydroxylamine groups is 1. The van der Waals surface area contributed by atoms with E-state index in [4.69, 9.17) is 0 Å². The first-order valence-electron chi connectivity index (χ1n) is 2.72. The minimum Gasteiger partial charge on any atom is -0.596 e. The molecular weight excluding hydrogens is 152 g/mol. The lowest BCUT2D eigenvalue weighted by atomic mass is 11.2. The van der Waals surface area contributed by atoms with E-state index in [9.17, 15) is 5.21 Å². The van der Waals surface area contributed by atoms with Gasteiger partial charge in [-0.2, -0.15) is 0 Å². The Morgan fingerprint density at radius 2 is 2.64 bits per heavy atom. The van der Waals surface area contributed by atoms with Crippen LogP contribution in [0.5, 0.6) is 0 Å². The van der Waals surface area contributed by atoms with Gasteiger partial charge in [0.05, 0.1) is 0 Å². The highest BCUT2D eigenvalue weighted by Gasteiger charge is 1.98. The van der Waals surface area contributed by atoms with Crippen molar-refractivity contribution in [3.8, 4) is 0 Å². The Hall–Kier alpha value is -1.73. The van der Waals surface area contributed by atoms with Gasteiger partial charge >= 0.3 is 0 Å². The first-order valence-corrected chi connectivity index (χ1v) is 2.72. The summed E-state index contributed by atoms with van der Waals surface area (Å²) in [5.41, 5.74) is 0. The van der Waals surface area contributed by atoms with Crippen LogP contribution in [0.2, 0.25) is 0 Å². The Kier molecular flexibility index (Phi) is 2.31. The number of nitrogens with zero attached hydrogens (tertiary/aromatic N) is 6. The molecule has 1 rings (SSSR count). The van der Waals surface area contributed by atoms with Gasteiger partial charge in [0.2, 0.25) is 5.28 Å². The Labute approximate surface area is 61.6 Å². The molecule has 0 aliphatic heterocycles. The van der Waals surface area contributed by atoms with Gasteiger partial charge in [0.15, 0.2) is 6.33 Å². The predicted octanol–water partition coefficient (Wildman–Crippen LogP) is -0.846. The van der Waals surface area contributed by atoms with Gasteiger partial charge in [-0.3, -0.25) is 0 Å². The summed E-state index contributed by atoms with van der Waals surface area (Å²) in [7, 11) is 1.28. The van der Waals surface area contributed by atoms with Crippen molar-refractivity contribution in [3.05, 3.63) is 11.5 Å². The third kappa shape index (κ3) is 2.16. The van der Waals surface area contributed by atoms with Crippen LogP contribution >= 0.6 is 0 Å². The lowest BCUT2D eigenvalue weighted by molar-refractivity contribution is -0.589. The summed E-state index contributed by atoms with van der Waals surface area (Å²) >= 11 is 0. The summed E-state index contributed by atoms with van der Waals surface area (Å²) in [4.78, 5) is 5.57. The second kappa shape index (κ2) is 3.44. The molecule has 0 amide bonds. The van der Waals surface area contributed by atoms with E-state index in [1.807, 2.05) is 0 Å². The summed E-state index contributed by atoms with van der Waals surface area (Å²) in [6.07, 6.45) is 1.22. The van der Waals surface area contributed by atoms with Crippen LogP contribution in [-0.4, -0.2) is 32.2 Å². The topological polar surface area (TPSA) is 91.3 Å². The minimum atomic E-state index is -0.131. The van der Waals surface area contributed by atoms with Crippen molar-refractivity contribution in [2.24, 2.45) is 5.28 Å². The van der Waals surface area contributed by atoms with Crippen LogP contribution in [0, 0.1) is 5.21 Å². The highest BCUT2D eigenvalue weighted by Crippen LogP contribution is 1.80. The quantitative estimate of drug-likeness (QED) is 0.324. The molecule has 0 radical (unpaired) electrons. The molecular formula is C3H6N6O2. The van der Waals surface area contributed by atoms with Crippen LogP contribution in [0.1, 0.15) is 0 Å². The van der Waals surface area contributed by atoms with Crippen LogP contribution in [-0.2, 0) is 11.5 Å². The molecule has 0 atom stereocenters. The second-order valence-electron chi connectivity index (χ2n) is 1.57. The molecule has 1 aromatic rings. The first kappa shape index (κ1) is 7.38. The zero-order valence-corrected chi connectivity index (χ0v) is 5.78. The smallest absolute Gasteiger partial charge is 0.295 e. The highest BCUT2D eigenvalue weighted by atomic mass is 16.7. The van der Waals surface area contributed by atoms with Gasteiger partial charge in [0.1, 0.15) is 7.11 Å². The molecule has 0 N–H and O–H groups in total. The number of aromatic nitrogens is 4. The van der Waals surface area contributed by atoms with E-state index in [1.165, 1.54) is 13.4 Å². The van der Waals surface area contributed by atoms with Gasteiger partial charge < -0.3 is 10.0 Å². The fourth-order valence-corrected chi connectivity index (χ4v) is 0.478. The molecule has 0 spiro atoms. The maximum atomic E-state index is 10.6. The molecule has 0 aliphatic rings. The molecule has 0 bridgehead atoms. The molecule has 0 fully saturated rings. The summed E-state index contributed by atoms with van der Waals surface area (Å²) < 4.78 is 0. The van der Waals surface area contributed by atoms with Gasteiger partial charge in [-0.25, -0.2) is 0 Å². The Morgan fingerprint density at radius 3 is 3.18 bits per heavy atom. The first-order chi connectivity index (χ1) is 5.33. The third-order valence-corrected chi connectivity index (χ3v) is 0.812. The molecule has 8 nitrogen and oxygen atoms in total. The fraction of sp³-hybridized carbons (Fsp3) is 0.667. The highest BCUT2D eigenvalue weighted by molar-refractivity contribution is 4.32. The summed E-state index contributed by atoms with van der Waals surface area (Å²) in [6, 6.07) is 0. The lowest BCUT2D eigenvalue weighted by Crippen LogP contribution is -2.11. The van der Waals surface area contributed by atoms with E-state index in [2.05, 4.69) is 25.5 Å². The second-order valence-corrected chi connectivity index (χ2v) is 1.57. The van der Waals surface area contributed by atoms with E-state index in [0.717, 1.165) is 4.80 Å². The summed E-state index contributed by atoms with van der Waals surface area (Å²) in [5.74, 6) is 0. The van der Waals surface area contributed by atoms with Crippen molar-refractivity contribution in [2.45, 2.75) is 6.67 Å². The largest absolute Gasteiger partial charge is 0.596 e. The van der Waals surface area contributed by atoms with Crippen molar-refractivity contribution >= 4 is 0 Å². The van der Waals surface area contributed by atoms with Crippen molar-refractivity contribution in [1.82, 2.24) is 20.2 Å². The van der Waals surface area contributed by atoms with Gasteiger partial charge in [0, 0.05) is 0 Å². The maximum Gasteiger partial charge on any atom is 0.295 e. The van der Waals surface area contributed by atoms with E-state index >= 15 is 0 Å². The standard InChI is InChI=1S/C3H6N6O2/c1-11-7-9(10)3-8-5-2-4-6-8/h2H,3H2,1H3. The summed E-state index contributed by atoms with van der Waals surface area (Å²) in [6.45, 7) is -0.131. The average Bonchev–Trinajstić information content (AvgIpc) is 2.40. The molecule has 1 aromatic heterocycles. The van der Waals surface area contributed by atoms with Crippen molar-refractivity contribution < 1.29 is 9.70 Å². The molecule has 11 heavy (non-hydrogen) atoms. The van der Waals surface area contributed by atoms with Gasteiger partial charge in [-0.1, -0.05) is 4.80 Å². The Balaban J connectivity index is 2.50. The molecule has 0 saturated carbocycles. The predicted molar refractivity (Wildman–Crippen MR) is 30.9 cm³/mol. The van der Waals surface area contributed by atoms with E-state index in [-0.39, 0.29) is 6.67 Å². The van der Waals surface area contributed by atoms with Crippen molar-refractivity contribution in [1.29, 1.82) is 0 Å². The zero-order chi connectivity index (χ0) is 8.10. The molecule has 0 aliphatic carbocycles. The normalized spacial score (nSPS) is 11.5. The van der Waals surface area contributed by atoms with E-state index in [0.29, 0.717) is 4.86 Å². The molecule has 0 saturated heterocycles. The molecule has 60 valence electrons. The Morgan fingerprint density at radius 1 is 1.82 bits per heavy atom. The molecule has 8 heteroatoms. The van der Waals surface area contributed by atoms with Crippen molar-refractivity contribution in [3.63, 3.8) is 0 Å². The number of tetrazole rings is 1. The number of hydrogen-bond acceptors (Lipinski definition) is 6. The van der Waals surface area contributed by atoms with Crippen LogP contribution in [0.25, 0.3) is 0 Å².